The SMILES string of the molecule is COc1ccc(Cl)cc1/C=C/C(=O)N1CCN(C(=O)c2ccc(F)cc2Cl)CC1. The monoisotopic (exact) mass is 436 g/mol. The first-order valence-corrected chi connectivity index (χ1v) is 9.69. The van der Waals surface area contributed by atoms with Gasteiger partial charge in [-0.1, -0.05) is 23.2 Å². The molecule has 2 aromatic rings. The predicted molar refractivity (Wildman–Crippen MR) is 111 cm³/mol. The van der Waals surface area contributed by atoms with Crippen LogP contribution in [-0.2, 0) is 4.79 Å². The largest absolute Gasteiger partial charge is 0.496 e. The number of nitrogens with zero attached hydrogens (tertiary/aromatic N) is 2. The average Bonchev–Trinajstić information content (AvgIpc) is 2.72. The molecule has 1 heterocycles. The number of piperazine rings is 1. The van der Waals surface area contributed by atoms with Crippen molar-refractivity contribution in [2.45, 2.75) is 0 Å². The Morgan fingerprint density at radius 2 is 1.72 bits per heavy atom. The van der Waals surface area contributed by atoms with Crippen molar-refractivity contribution in [1.29, 1.82) is 0 Å². The minimum atomic E-state index is -0.495. The second kappa shape index (κ2) is 9.29. The van der Waals surface area contributed by atoms with Gasteiger partial charge in [0.15, 0.2) is 0 Å². The topological polar surface area (TPSA) is 49.9 Å². The van der Waals surface area contributed by atoms with Crippen LogP contribution in [0.5, 0.6) is 5.75 Å². The van der Waals surface area contributed by atoms with E-state index in [2.05, 4.69) is 0 Å². The Balaban J connectivity index is 1.61. The molecule has 0 aromatic heterocycles. The third-order valence-corrected chi connectivity index (χ3v) is 5.19. The number of carbonyl (C=O) groups is 2. The Morgan fingerprint density at radius 1 is 1.03 bits per heavy atom. The molecule has 0 radical (unpaired) electrons. The van der Waals surface area contributed by atoms with Crippen molar-refractivity contribution in [2.24, 2.45) is 0 Å². The summed E-state index contributed by atoms with van der Waals surface area (Å²) in [7, 11) is 1.55. The van der Waals surface area contributed by atoms with Gasteiger partial charge in [-0.25, -0.2) is 4.39 Å². The van der Waals surface area contributed by atoms with Gasteiger partial charge in [0.05, 0.1) is 17.7 Å². The van der Waals surface area contributed by atoms with E-state index in [1.54, 1.807) is 41.2 Å². The molecule has 0 N–H and O–H groups in total. The minimum Gasteiger partial charge on any atom is -0.496 e. The van der Waals surface area contributed by atoms with Crippen LogP contribution < -0.4 is 4.74 Å². The molecular formula is C21H19Cl2FN2O3. The third-order valence-electron chi connectivity index (χ3n) is 4.64. The van der Waals surface area contributed by atoms with E-state index in [9.17, 15) is 14.0 Å². The quantitative estimate of drug-likeness (QED) is 0.676. The van der Waals surface area contributed by atoms with Crippen molar-refractivity contribution < 1.29 is 18.7 Å². The zero-order valence-electron chi connectivity index (χ0n) is 15.7. The van der Waals surface area contributed by atoms with Crippen LogP contribution >= 0.6 is 23.2 Å². The van der Waals surface area contributed by atoms with Crippen LogP contribution in [0, 0.1) is 5.82 Å². The molecule has 0 aliphatic carbocycles. The number of amides is 2. The highest BCUT2D eigenvalue weighted by Crippen LogP contribution is 2.24. The molecule has 1 aliphatic heterocycles. The van der Waals surface area contributed by atoms with Gasteiger partial charge in [-0.3, -0.25) is 9.59 Å². The van der Waals surface area contributed by atoms with Crippen molar-refractivity contribution in [3.05, 3.63) is 69.5 Å². The second-order valence-electron chi connectivity index (χ2n) is 6.46. The van der Waals surface area contributed by atoms with Crippen molar-refractivity contribution in [2.75, 3.05) is 33.3 Å². The van der Waals surface area contributed by atoms with Gasteiger partial charge in [0.25, 0.3) is 5.91 Å². The number of hydrogen-bond acceptors (Lipinski definition) is 3. The summed E-state index contributed by atoms with van der Waals surface area (Å²) in [5.74, 6) is -0.324. The molecule has 1 aliphatic rings. The van der Waals surface area contributed by atoms with E-state index in [0.717, 1.165) is 6.07 Å². The maximum Gasteiger partial charge on any atom is 0.255 e. The van der Waals surface area contributed by atoms with E-state index < -0.39 is 5.82 Å². The summed E-state index contributed by atoms with van der Waals surface area (Å²) in [6, 6.07) is 8.85. The molecule has 0 spiro atoms. The highest BCUT2D eigenvalue weighted by Gasteiger charge is 2.25. The first kappa shape index (κ1) is 21.1. The lowest BCUT2D eigenvalue weighted by Gasteiger charge is -2.34. The number of rotatable bonds is 4. The summed E-state index contributed by atoms with van der Waals surface area (Å²) in [5, 5.41) is 0.622. The zero-order chi connectivity index (χ0) is 21.0. The van der Waals surface area contributed by atoms with Crippen LogP contribution in [0.4, 0.5) is 4.39 Å². The number of ether oxygens (including phenoxy) is 1. The molecule has 0 atom stereocenters. The molecular weight excluding hydrogens is 418 g/mol. The van der Waals surface area contributed by atoms with E-state index in [4.69, 9.17) is 27.9 Å². The maximum absolute atomic E-state index is 13.2. The van der Waals surface area contributed by atoms with Crippen LogP contribution in [0.15, 0.2) is 42.5 Å². The molecule has 0 saturated carbocycles. The fourth-order valence-electron chi connectivity index (χ4n) is 3.07. The van der Waals surface area contributed by atoms with Gasteiger partial charge in [-0.05, 0) is 42.5 Å². The number of methoxy groups -OCH3 is 1. The highest BCUT2D eigenvalue weighted by atomic mass is 35.5. The Labute approximate surface area is 178 Å². The normalized spacial score (nSPS) is 14.3. The Morgan fingerprint density at radius 3 is 2.38 bits per heavy atom. The van der Waals surface area contributed by atoms with Gasteiger partial charge < -0.3 is 14.5 Å². The Bertz CT molecular complexity index is 957. The van der Waals surface area contributed by atoms with E-state index in [1.165, 1.54) is 18.2 Å². The molecule has 8 heteroatoms. The van der Waals surface area contributed by atoms with E-state index in [-0.39, 0.29) is 22.4 Å². The molecule has 1 saturated heterocycles. The lowest BCUT2D eigenvalue weighted by molar-refractivity contribution is -0.127. The lowest BCUT2D eigenvalue weighted by Crippen LogP contribution is -2.50. The number of carbonyl (C=O) groups excluding carboxylic acids is 2. The number of hydrogen-bond donors (Lipinski definition) is 0. The van der Waals surface area contributed by atoms with Crippen LogP contribution in [-0.4, -0.2) is 54.9 Å². The lowest BCUT2D eigenvalue weighted by atomic mass is 10.1. The van der Waals surface area contributed by atoms with Gasteiger partial charge in [0.2, 0.25) is 5.91 Å². The second-order valence-corrected chi connectivity index (χ2v) is 7.30. The maximum atomic E-state index is 13.2. The molecule has 29 heavy (non-hydrogen) atoms. The van der Waals surface area contributed by atoms with Gasteiger partial charge in [-0.15, -0.1) is 0 Å². The third kappa shape index (κ3) is 5.08. The first-order valence-electron chi connectivity index (χ1n) is 8.94. The molecule has 152 valence electrons. The molecule has 1 fully saturated rings. The van der Waals surface area contributed by atoms with E-state index in [0.29, 0.717) is 42.5 Å². The standard InChI is InChI=1S/C21H19Cl2FN2O3/c1-29-19-6-3-15(22)12-14(19)2-7-20(27)25-8-10-26(11-9-25)21(28)17-5-4-16(24)13-18(17)23/h2-7,12-13H,8-11H2,1H3/b7-2+. The molecule has 2 amide bonds. The van der Waals surface area contributed by atoms with Crippen molar-refractivity contribution >= 4 is 41.1 Å². The van der Waals surface area contributed by atoms with Crippen LogP contribution in [0.3, 0.4) is 0 Å². The average molecular weight is 437 g/mol. The Hall–Kier alpha value is -2.57. The van der Waals surface area contributed by atoms with Crippen molar-refractivity contribution in [3.8, 4) is 5.75 Å². The van der Waals surface area contributed by atoms with Crippen molar-refractivity contribution in [3.63, 3.8) is 0 Å². The first-order chi connectivity index (χ1) is 13.9. The molecule has 0 unspecified atom stereocenters. The summed E-state index contributed by atoms with van der Waals surface area (Å²) in [6.45, 7) is 1.51. The zero-order valence-corrected chi connectivity index (χ0v) is 17.2. The van der Waals surface area contributed by atoms with Crippen LogP contribution in [0.1, 0.15) is 15.9 Å². The molecule has 5 nitrogen and oxygen atoms in total. The summed E-state index contributed by atoms with van der Waals surface area (Å²) in [5.41, 5.74) is 0.953. The minimum absolute atomic E-state index is 0.0758. The predicted octanol–water partition coefficient (Wildman–Crippen LogP) is 4.14. The molecule has 3 rings (SSSR count). The fraction of sp³-hybridized carbons (Fsp3) is 0.238. The van der Waals surface area contributed by atoms with Gasteiger partial charge in [0.1, 0.15) is 11.6 Å². The Kier molecular flexibility index (Phi) is 6.77. The molecule has 2 aromatic carbocycles. The fourth-order valence-corrected chi connectivity index (χ4v) is 3.49. The highest BCUT2D eigenvalue weighted by molar-refractivity contribution is 6.33. The van der Waals surface area contributed by atoms with E-state index >= 15 is 0 Å². The summed E-state index contributed by atoms with van der Waals surface area (Å²) in [4.78, 5) is 28.4. The summed E-state index contributed by atoms with van der Waals surface area (Å²) in [6.07, 6.45) is 3.12. The van der Waals surface area contributed by atoms with Crippen molar-refractivity contribution in [1.82, 2.24) is 9.80 Å². The summed E-state index contributed by atoms with van der Waals surface area (Å²) < 4.78 is 18.4. The smallest absolute Gasteiger partial charge is 0.255 e. The van der Waals surface area contributed by atoms with Crippen LogP contribution in [0.25, 0.3) is 6.08 Å². The number of halogens is 3. The number of benzene rings is 2. The molecule has 0 bridgehead atoms. The van der Waals surface area contributed by atoms with Gasteiger partial charge in [-0.2, -0.15) is 0 Å². The van der Waals surface area contributed by atoms with E-state index in [1.807, 2.05) is 0 Å². The van der Waals surface area contributed by atoms with Gasteiger partial charge >= 0.3 is 0 Å². The van der Waals surface area contributed by atoms with Crippen LogP contribution in [0.2, 0.25) is 10.0 Å². The summed E-state index contributed by atoms with van der Waals surface area (Å²) >= 11 is 12.0. The van der Waals surface area contributed by atoms with Gasteiger partial charge in [0, 0.05) is 42.8 Å².